The summed E-state index contributed by atoms with van der Waals surface area (Å²) in [5, 5.41) is 7.48. The number of benzene rings is 10. The molecule has 0 bridgehead atoms. The van der Waals surface area contributed by atoms with E-state index >= 15 is 0 Å². The minimum Gasteiger partial charge on any atom is -0.310 e. The number of anilines is 3. The van der Waals surface area contributed by atoms with E-state index in [-0.39, 0.29) is 5.41 Å². The van der Waals surface area contributed by atoms with E-state index in [4.69, 9.17) is 0 Å². The largest absolute Gasteiger partial charge is 0.310 e. The van der Waals surface area contributed by atoms with Crippen LogP contribution >= 0.6 is 0 Å². The van der Waals surface area contributed by atoms with E-state index in [9.17, 15) is 0 Å². The van der Waals surface area contributed by atoms with Gasteiger partial charge in [0.2, 0.25) is 0 Å². The van der Waals surface area contributed by atoms with E-state index < -0.39 is 0 Å². The summed E-state index contributed by atoms with van der Waals surface area (Å²) in [5.74, 6) is 0. The van der Waals surface area contributed by atoms with E-state index in [0.29, 0.717) is 0 Å². The highest BCUT2D eigenvalue weighted by Crippen LogP contribution is 2.52. The molecule has 0 N–H and O–H groups in total. The van der Waals surface area contributed by atoms with Gasteiger partial charge in [-0.25, -0.2) is 0 Å². The second-order valence-electron chi connectivity index (χ2n) is 17.7. The maximum Gasteiger partial charge on any atom is 0.0541 e. The molecule has 2 heterocycles. The Bertz CT molecular complexity index is 3760. The van der Waals surface area contributed by atoms with Gasteiger partial charge >= 0.3 is 0 Å². The summed E-state index contributed by atoms with van der Waals surface area (Å²) in [7, 11) is 0. The van der Waals surface area contributed by atoms with Crippen LogP contribution in [0.25, 0.3) is 88.0 Å². The average Bonchev–Trinajstić information content (AvgIpc) is 3.94. The van der Waals surface area contributed by atoms with Crippen LogP contribution in [0.15, 0.2) is 224 Å². The molecule has 2 aromatic heterocycles. The van der Waals surface area contributed by atoms with Gasteiger partial charge in [-0.05, 0) is 124 Å². The van der Waals surface area contributed by atoms with Gasteiger partial charge in [0.05, 0.1) is 27.8 Å². The lowest BCUT2D eigenvalue weighted by molar-refractivity contribution is 0.660. The van der Waals surface area contributed by atoms with Crippen molar-refractivity contribution in [3.8, 4) is 33.6 Å². The van der Waals surface area contributed by atoms with Crippen LogP contribution < -0.4 is 4.90 Å². The Morgan fingerprint density at radius 2 is 0.828 bits per heavy atom. The molecule has 0 saturated carbocycles. The second-order valence-corrected chi connectivity index (χ2v) is 17.7. The molecule has 3 nitrogen and oxygen atoms in total. The maximum atomic E-state index is 2.45. The minimum absolute atomic E-state index is 0.230. The molecule has 13 rings (SSSR count). The number of aromatic nitrogens is 2. The molecule has 0 atom stereocenters. The van der Waals surface area contributed by atoms with Crippen molar-refractivity contribution in [3.63, 3.8) is 0 Å². The number of hydrogen-bond acceptors (Lipinski definition) is 1. The van der Waals surface area contributed by atoms with Crippen LogP contribution in [0.3, 0.4) is 0 Å². The molecule has 10 aromatic carbocycles. The molecule has 0 spiro atoms. The van der Waals surface area contributed by atoms with Crippen molar-refractivity contribution < 1.29 is 0 Å². The van der Waals surface area contributed by atoms with Crippen molar-refractivity contribution in [3.05, 3.63) is 236 Å². The van der Waals surface area contributed by atoms with E-state index in [1.807, 2.05) is 0 Å². The fraction of sp³-hybridized carbons (Fsp3) is 0.0492. The first kappa shape index (κ1) is 36.5. The van der Waals surface area contributed by atoms with Crippen LogP contribution in [0.4, 0.5) is 17.1 Å². The zero-order valence-electron chi connectivity index (χ0n) is 35.7. The highest BCUT2D eigenvalue weighted by atomic mass is 15.1. The summed E-state index contributed by atoms with van der Waals surface area (Å²) in [4.78, 5) is 2.45. The second kappa shape index (κ2) is 13.9. The van der Waals surface area contributed by atoms with Crippen molar-refractivity contribution in [1.29, 1.82) is 0 Å². The number of hydrogen-bond donors (Lipinski definition) is 0. The highest BCUT2D eigenvalue weighted by Gasteiger charge is 2.37. The van der Waals surface area contributed by atoms with Gasteiger partial charge in [-0.1, -0.05) is 153 Å². The zero-order chi connectivity index (χ0) is 42.5. The molecule has 0 amide bonds. The Kier molecular flexibility index (Phi) is 7.95. The third kappa shape index (κ3) is 5.34. The molecule has 1 aliphatic carbocycles. The fourth-order valence-corrected chi connectivity index (χ4v) is 10.9. The number of para-hydroxylation sites is 5. The van der Waals surface area contributed by atoms with Crippen molar-refractivity contribution in [2.24, 2.45) is 0 Å². The molecule has 0 fully saturated rings. The van der Waals surface area contributed by atoms with Gasteiger partial charge in [-0.2, -0.15) is 0 Å². The smallest absolute Gasteiger partial charge is 0.0541 e. The monoisotopic (exact) mass is 817 g/mol. The van der Waals surface area contributed by atoms with Gasteiger partial charge in [-0.15, -0.1) is 0 Å². The van der Waals surface area contributed by atoms with Crippen molar-refractivity contribution in [1.82, 2.24) is 9.13 Å². The van der Waals surface area contributed by atoms with Crippen LogP contribution in [-0.4, -0.2) is 9.13 Å². The van der Waals surface area contributed by atoms with Crippen molar-refractivity contribution >= 4 is 71.4 Å². The third-order valence-electron chi connectivity index (χ3n) is 13.9. The topological polar surface area (TPSA) is 13.1 Å². The Morgan fingerprint density at radius 1 is 0.328 bits per heavy atom. The highest BCUT2D eigenvalue weighted by molar-refractivity contribution is 6.13. The van der Waals surface area contributed by atoms with Crippen LogP contribution in [0.2, 0.25) is 0 Å². The molecule has 302 valence electrons. The molecular formula is C61H43N3. The van der Waals surface area contributed by atoms with Crippen molar-refractivity contribution in [2.45, 2.75) is 19.3 Å². The summed E-state index contributed by atoms with van der Waals surface area (Å²) in [6.07, 6.45) is 0. The standard InChI is InChI=1S/C61H43N3/c1-61(2)54-38-43(30-32-47(54)48-33-31-44(39-55(48)61)64-56-26-14-11-23-50(56)51-24-12-15-27-57(51)64)62(41-17-5-3-6-18-41)59-36-34-45(46-21-9-10-22-49(46)59)40-29-35-60-53(37-40)52-25-13-16-28-58(52)63(60)42-19-7-4-8-20-42/h3-39H,1-2H3. The van der Waals surface area contributed by atoms with E-state index in [0.717, 1.165) is 17.1 Å². The number of fused-ring (bicyclic) bond motifs is 10. The van der Waals surface area contributed by atoms with Gasteiger partial charge in [0.25, 0.3) is 0 Å². The van der Waals surface area contributed by atoms with Gasteiger partial charge in [0, 0.05) is 55.1 Å². The lowest BCUT2D eigenvalue weighted by Crippen LogP contribution is -2.17. The van der Waals surface area contributed by atoms with E-state index in [2.05, 4.69) is 252 Å². The maximum absolute atomic E-state index is 2.45. The lowest BCUT2D eigenvalue weighted by atomic mass is 9.82. The quantitative estimate of drug-likeness (QED) is 0.163. The lowest BCUT2D eigenvalue weighted by Gasteiger charge is -2.29. The summed E-state index contributed by atoms with van der Waals surface area (Å²) in [6, 6.07) is 82.6. The Morgan fingerprint density at radius 3 is 1.50 bits per heavy atom. The van der Waals surface area contributed by atoms with Crippen LogP contribution in [0.5, 0.6) is 0 Å². The molecule has 0 aliphatic heterocycles. The summed E-state index contributed by atoms with van der Waals surface area (Å²) in [6.45, 7) is 4.78. The number of nitrogens with zero attached hydrogens (tertiary/aromatic N) is 3. The minimum atomic E-state index is -0.230. The Hall–Kier alpha value is -8.14. The third-order valence-corrected chi connectivity index (χ3v) is 13.9. The SMILES string of the molecule is CC1(C)c2cc(N(c3ccccc3)c3ccc(-c4ccc5c(c4)c4ccccc4n5-c4ccccc4)c4ccccc34)ccc2-c2ccc(-n3c4ccccc4c4ccccc43)cc21. The Labute approximate surface area is 372 Å². The van der Waals surface area contributed by atoms with Crippen LogP contribution in [0.1, 0.15) is 25.0 Å². The predicted molar refractivity (Wildman–Crippen MR) is 270 cm³/mol. The summed E-state index contributed by atoms with van der Waals surface area (Å²) in [5.41, 5.74) is 18.1. The molecule has 3 heteroatoms. The van der Waals surface area contributed by atoms with E-state index in [1.54, 1.807) is 0 Å². The zero-order valence-corrected chi connectivity index (χ0v) is 35.7. The van der Waals surface area contributed by atoms with Gasteiger partial charge in [0.15, 0.2) is 0 Å². The molecule has 0 radical (unpaired) electrons. The van der Waals surface area contributed by atoms with Gasteiger partial charge < -0.3 is 14.0 Å². The molecule has 64 heavy (non-hydrogen) atoms. The normalized spacial score (nSPS) is 13.0. The first-order chi connectivity index (χ1) is 31.5. The van der Waals surface area contributed by atoms with Crippen molar-refractivity contribution in [2.75, 3.05) is 4.90 Å². The van der Waals surface area contributed by atoms with E-state index in [1.165, 1.54) is 99.1 Å². The molecule has 12 aromatic rings. The van der Waals surface area contributed by atoms with Crippen LogP contribution in [0, 0.1) is 0 Å². The summed E-state index contributed by atoms with van der Waals surface area (Å²) < 4.78 is 4.82. The van der Waals surface area contributed by atoms with Gasteiger partial charge in [0.1, 0.15) is 0 Å². The molecule has 0 saturated heterocycles. The number of rotatable bonds is 6. The molecule has 0 unspecified atom stereocenters. The molecular weight excluding hydrogens is 775 g/mol. The predicted octanol–water partition coefficient (Wildman–Crippen LogP) is 16.5. The first-order valence-corrected chi connectivity index (χ1v) is 22.3. The molecule has 1 aliphatic rings. The average molecular weight is 818 g/mol. The van der Waals surface area contributed by atoms with Crippen LogP contribution in [-0.2, 0) is 5.41 Å². The summed E-state index contributed by atoms with van der Waals surface area (Å²) >= 11 is 0. The Balaban J connectivity index is 0.940. The van der Waals surface area contributed by atoms with Gasteiger partial charge in [-0.3, -0.25) is 0 Å². The first-order valence-electron chi connectivity index (χ1n) is 22.3. The fourth-order valence-electron chi connectivity index (χ4n) is 10.9.